The summed E-state index contributed by atoms with van der Waals surface area (Å²) in [5, 5.41) is 3.86. The molecule has 2 saturated heterocycles. The van der Waals surface area contributed by atoms with Crippen LogP contribution in [0, 0.1) is 5.92 Å². The van der Waals surface area contributed by atoms with Gasteiger partial charge in [0.05, 0.1) is 5.69 Å². The minimum absolute atomic E-state index is 0.0250. The van der Waals surface area contributed by atoms with Crippen molar-refractivity contribution in [3.8, 4) is 0 Å². The molecule has 1 unspecified atom stereocenters. The first-order valence-corrected chi connectivity index (χ1v) is 10.6. The van der Waals surface area contributed by atoms with Gasteiger partial charge >= 0.3 is 0 Å². The van der Waals surface area contributed by atoms with Crippen molar-refractivity contribution >= 4 is 34.7 Å². The van der Waals surface area contributed by atoms with E-state index in [1.165, 1.54) is 24.1 Å². The predicted molar refractivity (Wildman–Crippen MR) is 113 cm³/mol. The van der Waals surface area contributed by atoms with Crippen LogP contribution in [-0.2, 0) is 11.2 Å². The van der Waals surface area contributed by atoms with Gasteiger partial charge in [0.2, 0.25) is 5.91 Å². The fraction of sp³-hybridized carbons (Fsp3) is 0.455. The number of fused-ring (bicyclic) bond motifs is 3. The number of piperidine rings is 1. The average Bonchev–Trinajstić information content (AvgIpc) is 3.20. The monoisotopic (exact) mass is 396 g/mol. The average molecular weight is 397 g/mol. The van der Waals surface area contributed by atoms with E-state index in [0.29, 0.717) is 5.92 Å². The third-order valence-electron chi connectivity index (χ3n) is 6.34. The van der Waals surface area contributed by atoms with E-state index in [2.05, 4.69) is 33.3 Å². The van der Waals surface area contributed by atoms with Gasteiger partial charge in [-0.25, -0.2) is 4.98 Å². The summed E-state index contributed by atoms with van der Waals surface area (Å²) < 4.78 is 0. The number of anilines is 3. The lowest BCUT2D eigenvalue weighted by Gasteiger charge is -2.34. The second-order valence-corrected chi connectivity index (χ2v) is 8.60. The van der Waals surface area contributed by atoms with E-state index in [1.807, 2.05) is 18.3 Å². The lowest BCUT2D eigenvalue weighted by molar-refractivity contribution is -0.117. The van der Waals surface area contributed by atoms with Crippen LogP contribution in [0.4, 0.5) is 17.2 Å². The predicted octanol–water partition coefficient (Wildman–Crippen LogP) is 4.12. The maximum Gasteiger partial charge on any atom is 0.247 e. The van der Waals surface area contributed by atoms with E-state index >= 15 is 0 Å². The normalized spacial score (nSPS) is 22.0. The third-order valence-corrected chi connectivity index (χ3v) is 6.59. The molecular weight excluding hydrogens is 372 g/mol. The van der Waals surface area contributed by atoms with Crippen molar-refractivity contribution in [2.75, 3.05) is 34.8 Å². The van der Waals surface area contributed by atoms with Crippen molar-refractivity contribution in [1.82, 2.24) is 4.98 Å². The quantitative estimate of drug-likeness (QED) is 0.847. The fourth-order valence-corrected chi connectivity index (χ4v) is 4.95. The zero-order chi connectivity index (χ0) is 19.1. The first-order valence-electron chi connectivity index (χ1n) is 10.2. The highest BCUT2D eigenvalue weighted by Gasteiger charge is 2.37. The van der Waals surface area contributed by atoms with Gasteiger partial charge in [-0.3, -0.25) is 4.79 Å². The summed E-state index contributed by atoms with van der Waals surface area (Å²) in [5.74, 6) is 1.73. The van der Waals surface area contributed by atoms with Crippen molar-refractivity contribution in [1.29, 1.82) is 0 Å². The van der Waals surface area contributed by atoms with E-state index < -0.39 is 0 Å². The molecule has 3 aliphatic rings. The van der Waals surface area contributed by atoms with Gasteiger partial charge in [0.15, 0.2) is 5.82 Å². The minimum Gasteiger partial charge on any atom is -0.372 e. The summed E-state index contributed by atoms with van der Waals surface area (Å²) in [6.07, 6.45) is 7.36. The van der Waals surface area contributed by atoms with Gasteiger partial charge in [-0.1, -0.05) is 11.6 Å². The molecule has 5 rings (SSSR count). The largest absolute Gasteiger partial charge is 0.372 e. The van der Waals surface area contributed by atoms with Crippen LogP contribution in [0.3, 0.4) is 0 Å². The maximum atomic E-state index is 12.3. The minimum atomic E-state index is -0.0250. The molecule has 1 N–H and O–H groups in total. The van der Waals surface area contributed by atoms with Crippen LogP contribution in [0.25, 0.3) is 0 Å². The SMILES string of the molecule is O=C1Nc2cc(CC3CCN(c4ccc(Cl)cc4)CC3)cnc2N2CCCC12. The van der Waals surface area contributed by atoms with E-state index in [-0.39, 0.29) is 11.9 Å². The van der Waals surface area contributed by atoms with Gasteiger partial charge in [-0.2, -0.15) is 0 Å². The highest BCUT2D eigenvalue weighted by Crippen LogP contribution is 2.36. The van der Waals surface area contributed by atoms with Crippen LogP contribution >= 0.6 is 11.6 Å². The molecule has 1 amide bonds. The zero-order valence-electron chi connectivity index (χ0n) is 15.9. The molecule has 5 nitrogen and oxygen atoms in total. The Morgan fingerprint density at radius 3 is 2.68 bits per heavy atom. The molecule has 0 saturated carbocycles. The first-order chi connectivity index (χ1) is 13.7. The number of nitrogens with zero attached hydrogens (tertiary/aromatic N) is 3. The summed E-state index contributed by atoms with van der Waals surface area (Å²) in [5.41, 5.74) is 3.36. The molecule has 0 spiro atoms. The van der Waals surface area contributed by atoms with Gasteiger partial charge < -0.3 is 15.1 Å². The number of nitrogens with one attached hydrogen (secondary N) is 1. The Balaban J connectivity index is 1.23. The Morgan fingerprint density at radius 1 is 1.11 bits per heavy atom. The number of benzene rings is 1. The first kappa shape index (κ1) is 17.8. The molecule has 146 valence electrons. The lowest BCUT2D eigenvalue weighted by atomic mass is 9.90. The van der Waals surface area contributed by atoms with Crippen molar-refractivity contribution in [2.45, 2.75) is 38.1 Å². The summed E-state index contributed by atoms with van der Waals surface area (Å²) in [6.45, 7) is 3.06. The van der Waals surface area contributed by atoms with Crippen LogP contribution in [0.1, 0.15) is 31.2 Å². The molecular formula is C22H25ClN4O. The van der Waals surface area contributed by atoms with Crippen LogP contribution in [0.2, 0.25) is 5.02 Å². The van der Waals surface area contributed by atoms with E-state index in [1.54, 1.807) is 0 Å². The van der Waals surface area contributed by atoms with Gasteiger partial charge in [0, 0.05) is 36.5 Å². The number of pyridine rings is 1. The van der Waals surface area contributed by atoms with Crippen molar-refractivity contribution in [3.05, 3.63) is 47.1 Å². The van der Waals surface area contributed by atoms with Gasteiger partial charge in [-0.05, 0) is 73.9 Å². The molecule has 1 aromatic heterocycles. The third kappa shape index (κ3) is 3.32. The lowest BCUT2D eigenvalue weighted by Crippen LogP contribution is -2.44. The molecule has 3 aliphatic heterocycles. The smallest absolute Gasteiger partial charge is 0.247 e. The second-order valence-electron chi connectivity index (χ2n) is 8.17. The molecule has 2 aromatic rings. The number of halogens is 1. The summed E-state index contributed by atoms with van der Waals surface area (Å²) in [4.78, 5) is 21.7. The van der Waals surface area contributed by atoms with Crippen LogP contribution < -0.4 is 15.1 Å². The Hall–Kier alpha value is -2.27. The van der Waals surface area contributed by atoms with Gasteiger partial charge in [-0.15, -0.1) is 0 Å². The molecule has 1 atom stereocenters. The van der Waals surface area contributed by atoms with E-state index in [9.17, 15) is 4.79 Å². The van der Waals surface area contributed by atoms with E-state index in [0.717, 1.165) is 55.4 Å². The van der Waals surface area contributed by atoms with Crippen LogP contribution in [-0.4, -0.2) is 36.6 Å². The number of carbonyl (C=O) groups is 1. The van der Waals surface area contributed by atoms with Gasteiger partial charge in [0.25, 0.3) is 0 Å². The summed E-state index contributed by atoms with van der Waals surface area (Å²) >= 11 is 6.00. The molecule has 6 heteroatoms. The molecule has 2 fully saturated rings. The molecule has 0 bridgehead atoms. The Labute approximate surface area is 170 Å². The number of hydrogen-bond acceptors (Lipinski definition) is 4. The Kier molecular flexibility index (Phi) is 4.63. The highest BCUT2D eigenvalue weighted by atomic mass is 35.5. The van der Waals surface area contributed by atoms with Crippen molar-refractivity contribution in [3.63, 3.8) is 0 Å². The topological polar surface area (TPSA) is 48.5 Å². The maximum absolute atomic E-state index is 12.3. The molecule has 0 aliphatic carbocycles. The summed E-state index contributed by atoms with van der Waals surface area (Å²) in [7, 11) is 0. The Morgan fingerprint density at radius 2 is 1.89 bits per heavy atom. The molecule has 0 radical (unpaired) electrons. The zero-order valence-corrected chi connectivity index (χ0v) is 16.7. The standard InChI is InChI=1S/C22H25ClN4O/c23-17-3-5-18(6-4-17)26-10-7-15(8-11-26)12-16-13-19-21(24-14-16)27-9-1-2-20(27)22(28)25-19/h3-6,13-15,20H,1-2,7-12H2,(H,25,28). The van der Waals surface area contributed by atoms with E-state index in [4.69, 9.17) is 16.6 Å². The molecule has 28 heavy (non-hydrogen) atoms. The van der Waals surface area contributed by atoms with Crippen LogP contribution in [0.5, 0.6) is 0 Å². The summed E-state index contributed by atoms with van der Waals surface area (Å²) in [6, 6.07) is 10.2. The van der Waals surface area contributed by atoms with Gasteiger partial charge in [0.1, 0.15) is 6.04 Å². The van der Waals surface area contributed by atoms with Crippen LogP contribution in [0.15, 0.2) is 36.5 Å². The highest BCUT2D eigenvalue weighted by molar-refractivity contribution is 6.30. The number of amides is 1. The molecule has 4 heterocycles. The van der Waals surface area contributed by atoms with Crippen molar-refractivity contribution < 1.29 is 4.79 Å². The Bertz CT molecular complexity index is 877. The number of hydrogen-bond donors (Lipinski definition) is 1. The second kappa shape index (κ2) is 7.28. The number of rotatable bonds is 3. The molecule has 1 aromatic carbocycles. The number of carbonyl (C=O) groups excluding carboxylic acids is 1. The fourth-order valence-electron chi connectivity index (χ4n) is 4.82. The van der Waals surface area contributed by atoms with Crippen molar-refractivity contribution in [2.24, 2.45) is 5.92 Å². The number of aromatic nitrogens is 1.